The third kappa shape index (κ3) is 7.91. The van der Waals surface area contributed by atoms with Crippen LogP contribution >= 0.6 is 0 Å². The fourth-order valence-electron chi connectivity index (χ4n) is 4.22. The number of nitrogens with zero attached hydrogens (tertiary/aromatic N) is 1. The highest BCUT2D eigenvalue weighted by Crippen LogP contribution is 2.32. The van der Waals surface area contributed by atoms with Crippen molar-refractivity contribution >= 4 is 17.7 Å². The van der Waals surface area contributed by atoms with Gasteiger partial charge in [0.1, 0.15) is 12.4 Å². The number of piperidine rings is 1. The minimum atomic E-state index is -0.314. The molecule has 0 spiro atoms. The minimum absolute atomic E-state index is 0.314. The number of rotatable bonds is 12. The van der Waals surface area contributed by atoms with Crippen molar-refractivity contribution in [3.05, 3.63) is 54.1 Å². The minimum Gasteiger partial charge on any atom is -0.491 e. The van der Waals surface area contributed by atoms with Gasteiger partial charge < -0.3 is 19.1 Å². The fraction of sp³-hybridized carbons (Fsp3) is 0.483. The lowest BCUT2D eigenvalue weighted by Crippen LogP contribution is -2.34. The van der Waals surface area contributed by atoms with Gasteiger partial charge in [-0.3, -0.25) is 0 Å². The second kappa shape index (κ2) is 13.8. The highest BCUT2D eigenvalue weighted by Gasteiger charge is 2.19. The Bertz CT molecular complexity index is 922. The Morgan fingerprint density at radius 1 is 1.06 bits per heavy atom. The number of esters is 1. The van der Waals surface area contributed by atoms with Gasteiger partial charge in [0.15, 0.2) is 0 Å². The SMILES string of the molecule is CCCCOCCOc1ccc(-c2ccc(N3CCCC(C)C3)c(/C=C/C(=O)OCC)c2)cc1. The van der Waals surface area contributed by atoms with Crippen molar-refractivity contribution in [2.75, 3.05) is 44.4 Å². The summed E-state index contributed by atoms with van der Waals surface area (Å²) in [5.41, 5.74) is 4.41. The van der Waals surface area contributed by atoms with Gasteiger partial charge in [0.05, 0.1) is 13.2 Å². The van der Waals surface area contributed by atoms with E-state index in [-0.39, 0.29) is 5.97 Å². The average Bonchev–Trinajstić information content (AvgIpc) is 2.85. The van der Waals surface area contributed by atoms with Gasteiger partial charge in [0.2, 0.25) is 0 Å². The Balaban J connectivity index is 1.73. The lowest BCUT2D eigenvalue weighted by Gasteiger charge is -2.34. The summed E-state index contributed by atoms with van der Waals surface area (Å²) in [6, 6.07) is 14.6. The Labute approximate surface area is 204 Å². The van der Waals surface area contributed by atoms with E-state index in [0.717, 1.165) is 55.0 Å². The first kappa shape index (κ1) is 25.8. The molecule has 0 radical (unpaired) electrons. The lowest BCUT2D eigenvalue weighted by atomic mass is 9.96. The van der Waals surface area contributed by atoms with Crippen LogP contribution in [0.25, 0.3) is 17.2 Å². The highest BCUT2D eigenvalue weighted by molar-refractivity contribution is 5.89. The fourth-order valence-corrected chi connectivity index (χ4v) is 4.22. The molecular formula is C29H39NO4. The molecule has 1 aliphatic heterocycles. The van der Waals surface area contributed by atoms with E-state index >= 15 is 0 Å². The van der Waals surface area contributed by atoms with Gasteiger partial charge in [0.25, 0.3) is 0 Å². The molecule has 0 aliphatic carbocycles. The summed E-state index contributed by atoms with van der Waals surface area (Å²) in [6.07, 6.45) is 8.09. The number of hydrogen-bond acceptors (Lipinski definition) is 5. The summed E-state index contributed by atoms with van der Waals surface area (Å²) in [4.78, 5) is 14.4. The van der Waals surface area contributed by atoms with E-state index in [1.54, 1.807) is 0 Å². The molecule has 1 unspecified atom stereocenters. The molecule has 1 saturated heterocycles. The van der Waals surface area contributed by atoms with E-state index in [4.69, 9.17) is 14.2 Å². The summed E-state index contributed by atoms with van der Waals surface area (Å²) >= 11 is 0. The van der Waals surface area contributed by atoms with E-state index in [2.05, 4.69) is 49.1 Å². The van der Waals surface area contributed by atoms with Crippen LogP contribution in [0, 0.1) is 5.92 Å². The van der Waals surface area contributed by atoms with Crippen LogP contribution in [0.4, 0.5) is 5.69 Å². The quantitative estimate of drug-likeness (QED) is 0.207. The summed E-state index contributed by atoms with van der Waals surface area (Å²) < 4.78 is 16.5. The standard InChI is InChI=1S/C29H39NO4/c1-4-6-18-32-19-20-34-27-13-9-24(10-14-27)25-11-15-28(30-17-7-8-23(3)22-30)26(21-25)12-16-29(31)33-5-2/h9-16,21,23H,4-8,17-20,22H2,1-3H3/b16-12+. The molecule has 5 heteroatoms. The average molecular weight is 466 g/mol. The number of benzene rings is 2. The Kier molecular flexibility index (Phi) is 10.5. The van der Waals surface area contributed by atoms with Crippen LogP contribution in [-0.2, 0) is 14.3 Å². The molecule has 3 rings (SSSR count). The zero-order chi connectivity index (χ0) is 24.2. The molecule has 0 N–H and O–H groups in total. The number of anilines is 1. The highest BCUT2D eigenvalue weighted by atomic mass is 16.5. The summed E-state index contributed by atoms with van der Waals surface area (Å²) in [6.45, 7) is 10.7. The molecule has 0 amide bonds. The molecule has 2 aromatic rings. The van der Waals surface area contributed by atoms with Gasteiger partial charge in [0, 0.05) is 31.5 Å². The van der Waals surface area contributed by atoms with Crippen LogP contribution < -0.4 is 9.64 Å². The van der Waals surface area contributed by atoms with E-state index in [1.807, 2.05) is 25.1 Å². The number of hydrogen-bond donors (Lipinski definition) is 0. The third-order valence-electron chi connectivity index (χ3n) is 6.04. The normalized spacial score (nSPS) is 16.1. The molecule has 184 valence electrons. The van der Waals surface area contributed by atoms with Crippen LogP contribution in [0.5, 0.6) is 5.75 Å². The number of ether oxygens (including phenoxy) is 3. The zero-order valence-corrected chi connectivity index (χ0v) is 20.9. The smallest absolute Gasteiger partial charge is 0.330 e. The van der Waals surface area contributed by atoms with Crippen molar-refractivity contribution in [1.82, 2.24) is 0 Å². The molecule has 1 heterocycles. The predicted molar refractivity (Wildman–Crippen MR) is 139 cm³/mol. The maximum atomic E-state index is 12.0. The number of carbonyl (C=O) groups excluding carboxylic acids is 1. The first-order chi connectivity index (χ1) is 16.6. The summed E-state index contributed by atoms with van der Waals surface area (Å²) in [7, 11) is 0. The first-order valence-electron chi connectivity index (χ1n) is 12.7. The van der Waals surface area contributed by atoms with E-state index < -0.39 is 0 Å². The summed E-state index contributed by atoms with van der Waals surface area (Å²) in [5.74, 6) is 1.19. The van der Waals surface area contributed by atoms with Crippen LogP contribution in [0.15, 0.2) is 48.5 Å². The van der Waals surface area contributed by atoms with Gasteiger partial charge in [-0.2, -0.15) is 0 Å². The molecule has 2 aromatic carbocycles. The van der Waals surface area contributed by atoms with Gasteiger partial charge in [-0.1, -0.05) is 38.5 Å². The molecule has 0 saturated carbocycles. The molecule has 1 fully saturated rings. The lowest BCUT2D eigenvalue weighted by molar-refractivity contribution is -0.137. The molecular weight excluding hydrogens is 426 g/mol. The van der Waals surface area contributed by atoms with Gasteiger partial charge >= 0.3 is 5.97 Å². The van der Waals surface area contributed by atoms with E-state index in [0.29, 0.717) is 25.7 Å². The zero-order valence-electron chi connectivity index (χ0n) is 20.9. The van der Waals surface area contributed by atoms with Crippen molar-refractivity contribution in [2.45, 2.75) is 46.5 Å². The predicted octanol–water partition coefficient (Wildman–Crippen LogP) is 6.36. The van der Waals surface area contributed by atoms with Crippen LogP contribution in [0.3, 0.4) is 0 Å². The van der Waals surface area contributed by atoms with E-state index in [9.17, 15) is 4.79 Å². The van der Waals surface area contributed by atoms with Crippen molar-refractivity contribution in [3.8, 4) is 16.9 Å². The largest absolute Gasteiger partial charge is 0.491 e. The molecule has 0 aromatic heterocycles. The molecule has 34 heavy (non-hydrogen) atoms. The molecule has 0 bridgehead atoms. The maximum absolute atomic E-state index is 12.0. The van der Waals surface area contributed by atoms with Crippen LogP contribution in [-0.4, -0.2) is 45.5 Å². The van der Waals surface area contributed by atoms with Crippen LogP contribution in [0.1, 0.15) is 52.0 Å². The van der Waals surface area contributed by atoms with Crippen molar-refractivity contribution < 1.29 is 19.0 Å². The van der Waals surface area contributed by atoms with Crippen LogP contribution in [0.2, 0.25) is 0 Å². The molecule has 1 aliphatic rings. The summed E-state index contributed by atoms with van der Waals surface area (Å²) in [5, 5.41) is 0. The maximum Gasteiger partial charge on any atom is 0.330 e. The Hall–Kier alpha value is -2.79. The van der Waals surface area contributed by atoms with Gasteiger partial charge in [-0.15, -0.1) is 0 Å². The molecule has 1 atom stereocenters. The monoisotopic (exact) mass is 465 g/mol. The topological polar surface area (TPSA) is 48.0 Å². The third-order valence-corrected chi connectivity index (χ3v) is 6.04. The van der Waals surface area contributed by atoms with E-state index in [1.165, 1.54) is 24.6 Å². The Morgan fingerprint density at radius 3 is 2.59 bits per heavy atom. The second-order valence-corrected chi connectivity index (χ2v) is 8.89. The van der Waals surface area contributed by atoms with Gasteiger partial charge in [-0.25, -0.2) is 4.79 Å². The number of unbranched alkanes of at least 4 members (excludes halogenated alkanes) is 1. The van der Waals surface area contributed by atoms with Crippen molar-refractivity contribution in [2.24, 2.45) is 5.92 Å². The first-order valence-corrected chi connectivity index (χ1v) is 12.7. The Morgan fingerprint density at radius 2 is 1.85 bits per heavy atom. The van der Waals surface area contributed by atoms with Crippen molar-refractivity contribution in [3.63, 3.8) is 0 Å². The second-order valence-electron chi connectivity index (χ2n) is 8.89. The van der Waals surface area contributed by atoms with Crippen molar-refractivity contribution in [1.29, 1.82) is 0 Å². The number of carbonyl (C=O) groups is 1. The molecule has 5 nitrogen and oxygen atoms in total. The van der Waals surface area contributed by atoms with Gasteiger partial charge in [-0.05, 0) is 79.1 Å².